The first-order chi connectivity index (χ1) is 9.97. The molecule has 6 nitrogen and oxygen atoms in total. The van der Waals surface area contributed by atoms with Gasteiger partial charge < -0.3 is 14.6 Å². The van der Waals surface area contributed by atoms with E-state index < -0.39 is 25.2 Å². The second-order valence-electron chi connectivity index (χ2n) is 5.04. The molecule has 2 aliphatic heterocycles. The van der Waals surface area contributed by atoms with Gasteiger partial charge in [-0.05, 0) is 12.5 Å². The van der Waals surface area contributed by atoms with Crippen molar-refractivity contribution in [1.82, 2.24) is 5.01 Å². The van der Waals surface area contributed by atoms with E-state index in [-0.39, 0.29) is 24.3 Å². The van der Waals surface area contributed by atoms with Gasteiger partial charge in [-0.15, -0.1) is 0 Å². The summed E-state index contributed by atoms with van der Waals surface area (Å²) in [7, 11) is 0. The molecule has 1 saturated heterocycles. The zero-order valence-corrected chi connectivity index (χ0v) is 11.6. The molecule has 0 bridgehead atoms. The first-order valence-electron chi connectivity index (χ1n) is 6.75. The van der Waals surface area contributed by atoms with E-state index in [4.69, 9.17) is 14.6 Å². The number of fused-ring (bicyclic) bond motifs is 1. The molecule has 1 N–H and O–H groups in total. The fourth-order valence-corrected chi connectivity index (χ4v) is 2.28. The predicted molar refractivity (Wildman–Crippen MR) is 70.2 cm³/mol. The van der Waals surface area contributed by atoms with Crippen LogP contribution in [0.1, 0.15) is 13.3 Å². The van der Waals surface area contributed by atoms with Crippen LogP contribution in [0.25, 0.3) is 0 Å². The third kappa shape index (κ3) is 4.21. The zero-order chi connectivity index (χ0) is 15.4. The van der Waals surface area contributed by atoms with Gasteiger partial charge in [0.2, 0.25) is 0 Å². The number of hydrazone groups is 1. The third-order valence-electron chi connectivity index (χ3n) is 3.32. The molecular formula is C13H18F2N2O4. The Kier molecular flexibility index (Phi) is 5.24. The first-order valence-corrected chi connectivity index (χ1v) is 6.75. The van der Waals surface area contributed by atoms with Crippen LogP contribution in [0.15, 0.2) is 17.3 Å². The van der Waals surface area contributed by atoms with Gasteiger partial charge in [0.05, 0.1) is 12.7 Å². The Morgan fingerprint density at radius 1 is 1.67 bits per heavy atom. The summed E-state index contributed by atoms with van der Waals surface area (Å²) in [5, 5.41) is 14.7. The van der Waals surface area contributed by atoms with E-state index >= 15 is 0 Å². The summed E-state index contributed by atoms with van der Waals surface area (Å²) < 4.78 is 34.8. The molecule has 0 aliphatic carbocycles. The van der Waals surface area contributed by atoms with E-state index in [1.54, 1.807) is 11.1 Å². The van der Waals surface area contributed by atoms with Crippen LogP contribution in [0, 0.1) is 5.92 Å². The van der Waals surface area contributed by atoms with Gasteiger partial charge in [-0.3, -0.25) is 5.01 Å². The molecule has 8 heteroatoms. The van der Waals surface area contributed by atoms with Crippen molar-refractivity contribution in [2.45, 2.75) is 32.1 Å². The van der Waals surface area contributed by atoms with E-state index in [0.717, 1.165) is 0 Å². The molecule has 0 spiro atoms. The average Bonchev–Trinajstić information content (AvgIpc) is 2.58. The number of carboxylic acids is 1. The minimum absolute atomic E-state index is 0.0413. The molecule has 3 atom stereocenters. The van der Waals surface area contributed by atoms with Crippen LogP contribution in [-0.2, 0) is 14.3 Å². The number of hydrogen-bond donors (Lipinski definition) is 1. The quantitative estimate of drug-likeness (QED) is 0.829. The number of ether oxygens (including phenoxy) is 2. The number of hydrogen-bond acceptors (Lipinski definition) is 5. The van der Waals surface area contributed by atoms with Gasteiger partial charge in [0, 0.05) is 12.5 Å². The Morgan fingerprint density at radius 3 is 3.10 bits per heavy atom. The highest BCUT2D eigenvalue weighted by molar-refractivity contribution is 6.40. The second kappa shape index (κ2) is 6.95. The van der Waals surface area contributed by atoms with Crippen molar-refractivity contribution in [3.8, 4) is 0 Å². The Bertz CT molecular complexity index is 442. The maximum absolute atomic E-state index is 12.0. The summed E-state index contributed by atoms with van der Waals surface area (Å²) in [4.78, 5) is 11.0. The van der Waals surface area contributed by atoms with Gasteiger partial charge in [0.25, 0.3) is 6.43 Å². The molecule has 21 heavy (non-hydrogen) atoms. The van der Waals surface area contributed by atoms with Gasteiger partial charge in [-0.2, -0.15) is 5.10 Å². The standard InChI is InChI=1S/C13H18F2N2O4/c1-8-2-3-10(13(18)19)16-17-5-4-9(21-12(8)17)6-20-7-11(14)15/h2-3,8-9,11-12H,4-7H2,1H3,(H,18,19)/t8-,9?,12?/m1/s1. The van der Waals surface area contributed by atoms with Crippen LogP contribution < -0.4 is 0 Å². The fourth-order valence-electron chi connectivity index (χ4n) is 2.28. The Labute approximate surface area is 121 Å². The number of nitrogens with zero attached hydrogens (tertiary/aromatic N) is 2. The van der Waals surface area contributed by atoms with Gasteiger partial charge in [0.1, 0.15) is 6.61 Å². The van der Waals surface area contributed by atoms with E-state index in [1.807, 2.05) is 6.92 Å². The highest BCUT2D eigenvalue weighted by Gasteiger charge is 2.33. The third-order valence-corrected chi connectivity index (χ3v) is 3.32. The SMILES string of the molecule is C[C@@H]1C=CC(C(=O)O)=NN2CCC(COCC(F)F)OC12. The molecule has 2 rings (SSSR count). The highest BCUT2D eigenvalue weighted by Crippen LogP contribution is 2.25. The van der Waals surface area contributed by atoms with Crippen molar-refractivity contribution in [1.29, 1.82) is 0 Å². The van der Waals surface area contributed by atoms with Crippen LogP contribution in [0.4, 0.5) is 8.78 Å². The summed E-state index contributed by atoms with van der Waals surface area (Å²) in [6.07, 6.45) is 0.529. The predicted octanol–water partition coefficient (Wildman–Crippen LogP) is 1.33. The van der Waals surface area contributed by atoms with Crippen LogP contribution in [0.5, 0.6) is 0 Å². The molecule has 0 saturated carbocycles. The van der Waals surface area contributed by atoms with Crippen LogP contribution >= 0.6 is 0 Å². The second-order valence-corrected chi connectivity index (χ2v) is 5.04. The minimum atomic E-state index is -2.49. The summed E-state index contributed by atoms with van der Waals surface area (Å²) in [5.41, 5.74) is -0.0413. The average molecular weight is 304 g/mol. The number of carboxylic acid groups (broad SMARTS) is 1. The Morgan fingerprint density at radius 2 is 2.43 bits per heavy atom. The highest BCUT2D eigenvalue weighted by atomic mass is 19.3. The van der Waals surface area contributed by atoms with Crippen molar-refractivity contribution < 1.29 is 28.2 Å². The monoisotopic (exact) mass is 304 g/mol. The lowest BCUT2D eigenvalue weighted by molar-refractivity contribution is -0.173. The molecule has 0 aromatic heterocycles. The molecule has 0 radical (unpaired) electrons. The minimum Gasteiger partial charge on any atom is -0.476 e. The maximum atomic E-state index is 12.0. The topological polar surface area (TPSA) is 71.4 Å². The van der Waals surface area contributed by atoms with E-state index in [2.05, 4.69) is 5.10 Å². The summed E-state index contributed by atoms with van der Waals surface area (Å²) in [5.74, 6) is -1.16. The number of carbonyl (C=O) groups is 1. The Balaban J connectivity index is 1.97. The van der Waals surface area contributed by atoms with Gasteiger partial charge in [0.15, 0.2) is 11.9 Å². The fraction of sp³-hybridized carbons (Fsp3) is 0.692. The van der Waals surface area contributed by atoms with E-state index in [1.165, 1.54) is 6.08 Å². The van der Waals surface area contributed by atoms with Crippen LogP contribution in [0.2, 0.25) is 0 Å². The Hall–Kier alpha value is -1.54. The van der Waals surface area contributed by atoms with E-state index in [0.29, 0.717) is 13.0 Å². The number of halogens is 2. The smallest absolute Gasteiger partial charge is 0.356 e. The van der Waals surface area contributed by atoms with Gasteiger partial charge >= 0.3 is 5.97 Å². The van der Waals surface area contributed by atoms with Crippen molar-refractivity contribution in [2.24, 2.45) is 11.0 Å². The summed E-state index contributed by atoms with van der Waals surface area (Å²) >= 11 is 0. The summed E-state index contributed by atoms with van der Waals surface area (Å²) in [6, 6.07) is 0. The molecule has 2 unspecified atom stereocenters. The van der Waals surface area contributed by atoms with Crippen molar-refractivity contribution in [3.63, 3.8) is 0 Å². The number of alkyl halides is 2. The molecule has 0 amide bonds. The number of rotatable bonds is 5. The van der Waals surface area contributed by atoms with Crippen molar-refractivity contribution in [3.05, 3.63) is 12.2 Å². The van der Waals surface area contributed by atoms with Crippen molar-refractivity contribution in [2.75, 3.05) is 19.8 Å². The molecular weight excluding hydrogens is 286 g/mol. The normalized spacial score (nSPS) is 29.0. The van der Waals surface area contributed by atoms with E-state index in [9.17, 15) is 13.6 Å². The molecule has 2 heterocycles. The molecule has 2 aliphatic rings. The summed E-state index contributed by atoms with van der Waals surface area (Å²) in [6.45, 7) is 1.87. The van der Waals surface area contributed by atoms with Gasteiger partial charge in [-0.25, -0.2) is 13.6 Å². The lowest BCUT2D eigenvalue weighted by Gasteiger charge is -2.39. The largest absolute Gasteiger partial charge is 0.476 e. The van der Waals surface area contributed by atoms with Crippen molar-refractivity contribution >= 4 is 11.7 Å². The first kappa shape index (κ1) is 15.8. The lowest BCUT2D eigenvalue weighted by Crippen LogP contribution is -2.47. The van der Waals surface area contributed by atoms with Gasteiger partial charge in [-0.1, -0.05) is 13.0 Å². The maximum Gasteiger partial charge on any atom is 0.356 e. The van der Waals surface area contributed by atoms with Crippen LogP contribution in [-0.4, -0.2) is 60.3 Å². The lowest BCUT2D eigenvalue weighted by atomic mass is 10.1. The molecule has 0 aromatic rings. The zero-order valence-electron chi connectivity index (χ0n) is 11.6. The molecule has 1 fully saturated rings. The molecule has 0 aromatic carbocycles. The molecule has 118 valence electrons. The number of aliphatic carboxylic acids is 1. The van der Waals surface area contributed by atoms with Crippen LogP contribution in [0.3, 0.4) is 0 Å².